The van der Waals surface area contributed by atoms with Crippen molar-refractivity contribution >= 4 is 5.91 Å². The van der Waals surface area contributed by atoms with Crippen molar-refractivity contribution in [2.24, 2.45) is 11.8 Å². The number of hydrogen-bond donors (Lipinski definition) is 7. The van der Waals surface area contributed by atoms with E-state index in [9.17, 15) is 35.4 Å². The van der Waals surface area contributed by atoms with Gasteiger partial charge in [-0.25, -0.2) is 0 Å². The highest BCUT2D eigenvalue weighted by molar-refractivity contribution is 5.76. The van der Waals surface area contributed by atoms with Crippen LogP contribution in [0.3, 0.4) is 0 Å². The highest BCUT2D eigenvalue weighted by Crippen LogP contribution is 2.34. The molecular formula is C53H105NO7. The fourth-order valence-corrected chi connectivity index (χ4v) is 9.78. The highest BCUT2D eigenvalue weighted by atomic mass is 16.4. The van der Waals surface area contributed by atoms with E-state index in [1.807, 2.05) is 0 Å². The summed E-state index contributed by atoms with van der Waals surface area (Å²) in [6.45, 7) is 4.25. The van der Waals surface area contributed by atoms with Gasteiger partial charge in [-0.2, -0.15) is 0 Å². The van der Waals surface area contributed by atoms with Gasteiger partial charge in [-0.15, -0.1) is 0 Å². The Morgan fingerprint density at radius 1 is 0.459 bits per heavy atom. The van der Waals surface area contributed by atoms with E-state index in [-0.39, 0.29) is 12.5 Å². The van der Waals surface area contributed by atoms with Crippen LogP contribution in [0.1, 0.15) is 277 Å². The Morgan fingerprint density at radius 3 is 1.15 bits per heavy atom. The van der Waals surface area contributed by atoms with Crippen LogP contribution >= 0.6 is 0 Å². The molecular weight excluding hydrogens is 763 g/mol. The molecule has 1 amide bonds. The van der Waals surface area contributed by atoms with Gasteiger partial charge < -0.3 is 36.0 Å². The minimum atomic E-state index is -1.35. The fourth-order valence-electron chi connectivity index (χ4n) is 9.78. The van der Waals surface area contributed by atoms with Crippen LogP contribution in [0.5, 0.6) is 0 Å². The van der Waals surface area contributed by atoms with Gasteiger partial charge in [0.15, 0.2) is 0 Å². The number of hydrogen-bond acceptors (Lipinski definition) is 7. The lowest BCUT2D eigenvalue weighted by molar-refractivity contribution is -0.144. The summed E-state index contributed by atoms with van der Waals surface area (Å²) in [5, 5.41) is 66.4. The normalized spacial score (nSPS) is 20.8. The Hall–Kier alpha value is -0.770. The Kier molecular flexibility index (Phi) is 40.0. The third kappa shape index (κ3) is 31.7. The fraction of sp³-hybridized carbons (Fsp3) is 0.981. The molecule has 8 nitrogen and oxygen atoms in total. The number of carbonyl (C=O) groups is 1. The molecule has 0 bridgehead atoms. The first-order valence-electron chi connectivity index (χ1n) is 27.1. The van der Waals surface area contributed by atoms with Crippen LogP contribution in [0.4, 0.5) is 0 Å². The molecule has 0 aliphatic heterocycles. The third-order valence-corrected chi connectivity index (χ3v) is 14.1. The second-order valence-electron chi connectivity index (χ2n) is 19.8. The van der Waals surface area contributed by atoms with Crippen LogP contribution in [0.2, 0.25) is 0 Å². The number of aliphatic hydroxyl groups excluding tert-OH is 6. The second-order valence-corrected chi connectivity index (χ2v) is 19.8. The van der Waals surface area contributed by atoms with Crippen molar-refractivity contribution in [1.29, 1.82) is 0 Å². The van der Waals surface area contributed by atoms with Crippen molar-refractivity contribution in [2.45, 2.75) is 314 Å². The smallest absolute Gasteiger partial charge is 0.220 e. The summed E-state index contributed by atoms with van der Waals surface area (Å²) in [6.07, 6.45) is 42.8. The van der Waals surface area contributed by atoms with Crippen LogP contribution in [-0.4, -0.2) is 79.7 Å². The topological polar surface area (TPSA) is 150 Å². The molecule has 364 valence electrons. The molecule has 0 aromatic carbocycles. The second kappa shape index (κ2) is 41.9. The van der Waals surface area contributed by atoms with Crippen molar-refractivity contribution in [1.82, 2.24) is 5.32 Å². The molecule has 1 fully saturated rings. The predicted molar refractivity (Wildman–Crippen MR) is 257 cm³/mol. The first-order valence-corrected chi connectivity index (χ1v) is 27.1. The summed E-state index contributed by atoms with van der Waals surface area (Å²) in [5.74, 6) is -1.07. The van der Waals surface area contributed by atoms with Crippen molar-refractivity contribution in [3.05, 3.63) is 0 Å². The number of nitrogens with one attached hydrogen (secondary N) is 1. The maximum Gasteiger partial charge on any atom is 0.220 e. The largest absolute Gasteiger partial charge is 0.396 e. The molecule has 8 heteroatoms. The van der Waals surface area contributed by atoms with Crippen molar-refractivity contribution in [3.8, 4) is 0 Å². The zero-order valence-corrected chi connectivity index (χ0v) is 40.4. The molecule has 0 aromatic heterocycles. The van der Waals surface area contributed by atoms with Crippen LogP contribution in [-0.2, 0) is 4.79 Å². The van der Waals surface area contributed by atoms with E-state index in [1.165, 1.54) is 193 Å². The minimum absolute atomic E-state index is 0.131. The van der Waals surface area contributed by atoms with Gasteiger partial charge in [0, 0.05) is 18.9 Å². The van der Waals surface area contributed by atoms with Gasteiger partial charge in [-0.05, 0) is 38.0 Å². The first kappa shape index (κ1) is 58.2. The van der Waals surface area contributed by atoms with Crippen LogP contribution in [0.15, 0.2) is 0 Å². The molecule has 8 atom stereocenters. The molecule has 1 aliphatic rings. The summed E-state index contributed by atoms with van der Waals surface area (Å²) in [4.78, 5) is 13.1. The van der Waals surface area contributed by atoms with E-state index in [4.69, 9.17) is 0 Å². The van der Waals surface area contributed by atoms with E-state index in [0.29, 0.717) is 32.1 Å². The molecule has 0 saturated heterocycles. The molecule has 1 saturated carbocycles. The van der Waals surface area contributed by atoms with E-state index in [0.717, 1.165) is 38.5 Å². The molecule has 7 N–H and O–H groups in total. The summed E-state index contributed by atoms with van der Waals surface area (Å²) >= 11 is 0. The zero-order chi connectivity index (χ0) is 44.6. The molecule has 1 rings (SSSR count). The molecule has 1 aliphatic carbocycles. The summed E-state index contributed by atoms with van der Waals surface area (Å²) in [6, 6.07) is -0.682. The first-order chi connectivity index (χ1) is 29.8. The lowest BCUT2D eigenvalue weighted by Gasteiger charge is -2.40. The molecule has 61 heavy (non-hydrogen) atoms. The average Bonchev–Trinajstić information content (AvgIpc) is 3.26. The average molecular weight is 868 g/mol. The summed E-state index contributed by atoms with van der Waals surface area (Å²) < 4.78 is 0. The Bertz CT molecular complexity index is 936. The van der Waals surface area contributed by atoms with Crippen LogP contribution in [0, 0.1) is 11.8 Å². The predicted octanol–water partition coefficient (Wildman–Crippen LogP) is 12.5. The molecule has 0 radical (unpaired) electrons. The van der Waals surface area contributed by atoms with Gasteiger partial charge >= 0.3 is 0 Å². The van der Waals surface area contributed by atoms with Crippen molar-refractivity contribution in [2.75, 3.05) is 6.61 Å². The molecule has 0 spiro atoms. The Labute approximate surface area is 377 Å². The van der Waals surface area contributed by atoms with Gasteiger partial charge in [-0.1, -0.05) is 239 Å². The molecule has 0 aromatic rings. The quantitative estimate of drug-likeness (QED) is 0.0301. The maximum atomic E-state index is 13.1. The number of carbonyl (C=O) groups excluding carboxylic acids is 1. The molecule has 0 unspecified atom stereocenters. The number of unbranched alkanes of at least 4 members (excludes halogenated alkanes) is 34. The van der Waals surface area contributed by atoms with E-state index in [2.05, 4.69) is 19.2 Å². The molecule has 0 heterocycles. The van der Waals surface area contributed by atoms with Crippen molar-refractivity contribution < 1.29 is 35.4 Å². The zero-order valence-electron chi connectivity index (χ0n) is 40.4. The summed E-state index contributed by atoms with van der Waals surface area (Å²) in [7, 11) is 0. The summed E-state index contributed by atoms with van der Waals surface area (Å²) in [5.41, 5.74) is 0. The lowest BCUT2D eigenvalue weighted by atomic mass is 9.73. The van der Waals surface area contributed by atoms with E-state index in [1.54, 1.807) is 0 Å². The van der Waals surface area contributed by atoms with Crippen LogP contribution < -0.4 is 5.32 Å². The van der Waals surface area contributed by atoms with Gasteiger partial charge in [0.05, 0.1) is 30.5 Å². The van der Waals surface area contributed by atoms with Gasteiger partial charge in [0.2, 0.25) is 5.91 Å². The number of aliphatic hydroxyl groups is 6. The number of amides is 1. The van der Waals surface area contributed by atoms with Crippen LogP contribution in [0.25, 0.3) is 0 Å². The highest BCUT2D eigenvalue weighted by Gasteiger charge is 2.42. The van der Waals surface area contributed by atoms with Gasteiger partial charge in [0.25, 0.3) is 0 Å². The SMILES string of the molecule is CCCCCCCCCCCCCCCCCCCCCCCCCCC(=O)N[C@@H](CC[C@H]1C[C@H](CO)[C@H](O)[C@H](O)[C@H]1O)[C@H](O)[C@H](O)CCCCCCCCCCCCCC. The van der Waals surface area contributed by atoms with Gasteiger partial charge in [-0.3, -0.25) is 4.79 Å². The Balaban J connectivity index is 2.24. The Morgan fingerprint density at radius 2 is 0.787 bits per heavy atom. The van der Waals surface area contributed by atoms with Gasteiger partial charge in [0.1, 0.15) is 6.10 Å². The standard InChI is InChI=1S/C53H105NO7/c1-3-5-7-9-11-13-15-17-18-19-20-21-22-23-24-25-26-27-28-30-32-34-36-38-40-49(57)54-47(42-41-45-43-46(44-55)51(59)53(61)50(45)58)52(60)48(56)39-37-35-33-31-29-16-14-12-10-8-6-4-2/h45-48,50-53,55-56,58-61H,3-44H2,1-2H3,(H,54,57)/t45-,46+,47-,48+,50-,51-,52-,53+/m0/s1. The third-order valence-electron chi connectivity index (χ3n) is 14.1. The van der Waals surface area contributed by atoms with E-state index >= 15 is 0 Å². The minimum Gasteiger partial charge on any atom is -0.396 e. The number of rotatable bonds is 45. The monoisotopic (exact) mass is 868 g/mol. The maximum absolute atomic E-state index is 13.1. The van der Waals surface area contributed by atoms with Crippen molar-refractivity contribution in [3.63, 3.8) is 0 Å². The van der Waals surface area contributed by atoms with E-state index < -0.39 is 48.4 Å². The lowest BCUT2D eigenvalue weighted by Crippen LogP contribution is -2.53.